The average Bonchev–Trinajstić information content (AvgIpc) is 2.94. The number of anilines is 1. The van der Waals surface area contributed by atoms with Crippen LogP contribution in [0.25, 0.3) is 0 Å². The summed E-state index contributed by atoms with van der Waals surface area (Å²) in [4.78, 5) is 8.49. The molecular weight excluding hydrogens is 302 g/mol. The van der Waals surface area contributed by atoms with E-state index >= 15 is 0 Å². The number of aryl methyl sites for hydroxylation is 1. The monoisotopic (exact) mass is 322 g/mol. The molecule has 2 heterocycles. The van der Waals surface area contributed by atoms with Gasteiger partial charge in [-0.25, -0.2) is 13.8 Å². The van der Waals surface area contributed by atoms with Gasteiger partial charge in [-0.1, -0.05) is 6.07 Å². The fourth-order valence-electron chi connectivity index (χ4n) is 2.96. The Kier molecular flexibility index (Phi) is 4.58. The highest BCUT2D eigenvalue weighted by atomic mass is 19.1. The van der Waals surface area contributed by atoms with Crippen molar-refractivity contribution in [2.24, 2.45) is 7.05 Å². The second-order valence-electron chi connectivity index (χ2n) is 5.78. The van der Waals surface area contributed by atoms with Gasteiger partial charge in [0.05, 0.1) is 11.7 Å². The van der Waals surface area contributed by atoms with Crippen LogP contribution in [-0.2, 0) is 7.05 Å². The van der Waals surface area contributed by atoms with Gasteiger partial charge < -0.3 is 14.6 Å². The van der Waals surface area contributed by atoms with E-state index in [-0.39, 0.29) is 12.1 Å². The van der Waals surface area contributed by atoms with Crippen LogP contribution in [0.4, 0.5) is 14.7 Å². The number of benzene rings is 1. The molecule has 1 aromatic heterocycles. The van der Waals surface area contributed by atoms with Gasteiger partial charge in [0.1, 0.15) is 11.6 Å². The Balaban J connectivity index is 1.59. The van der Waals surface area contributed by atoms with Crippen molar-refractivity contribution in [2.75, 3.05) is 37.6 Å². The summed E-state index contributed by atoms with van der Waals surface area (Å²) in [6.45, 7) is 3.15. The summed E-state index contributed by atoms with van der Waals surface area (Å²) >= 11 is 0. The van der Waals surface area contributed by atoms with Crippen molar-refractivity contribution < 1.29 is 13.9 Å². The van der Waals surface area contributed by atoms with Crippen LogP contribution in [0.3, 0.4) is 0 Å². The van der Waals surface area contributed by atoms with Gasteiger partial charge in [-0.2, -0.15) is 0 Å². The van der Waals surface area contributed by atoms with Gasteiger partial charge in [0.25, 0.3) is 0 Å². The standard InChI is InChI=1S/C16H20F2N4O/c1-20-6-5-19-16(20)22-9-7-21(8-10-22)11-14(23)15-12(17)3-2-4-13(15)18/h2-6,14,23H,7-11H2,1H3. The van der Waals surface area contributed by atoms with Crippen molar-refractivity contribution in [3.05, 3.63) is 47.8 Å². The number of piperazine rings is 1. The Morgan fingerprint density at radius 2 is 1.83 bits per heavy atom. The zero-order chi connectivity index (χ0) is 16.4. The lowest BCUT2D eigenvalue weighted by atomic mass is 10.1. The van der Waals surface area contributed by atoms with Crippen molar-refractivity contribution in [3.8, 4) is 0 Å². The minimum atomic E-state index is -1.17. The smallest absolute Gasteiger partial charge is 0.205 e. The van der Waals surface area contributed by atoms with Crippen LogP contribution in [-0.4, -0.2) is 52.3 Å². The largest absolute Gasteiger partial charge is 0.387 e. The van der Waals surface area contributed by atoms with E-state index in [4.69, 9.17) is 0 Å². The highest BCUT2D eigenvalue weighted by Crippen LogP contribution is 2.22. The molecule has 0 amide bonds. The Labute approximate surface area is 133 Å². The summed E-state index contributed by atoms with van der Waals surface area (Å²) in [5.41, 5.74) is -0.251. The molecule has 1 fully saturated rings. The van der Waals surface area contributed by atoms with Crippen molar-refractivity contribution in [3.63, 3.8) is 0 Å². The molecule has 0 spiro atoms. The maximum atomic E-state index is 13.7. The molecule has 124 valence electrons. The SMILES string of the molecule is Cn1ccnc1N1CCN(CC(O)c2c(F)cccc2F)CC1. The molecule has 0 radical (unpaired) electrons. The third kappa shape index (κ3) is 3.35. The van der Waals surface area contributed by atoms with Crippen molar-refractivity contribution in [1.29, 1.82) is 0 Å². The number of aliphatic hydroxyl groups is 1. The summed E-state index contributed by atoms with van der Waals surface area (Å²) in [7, 11) is 1.94. The molecule has 1 aromatic carbocycles. The van der Waals surface area contributed by atoms with Crippen LogP contribution in [0, 0.1) is 11.6 Å². The highest BCUT2D eigenvalue weighted by molar-refractivity contribution is 5.31. The Morgan fingerprint density at radius 1 is 1.17 bits per heavy atom. The number of aromatic nitrogens is 2. The molecule has 0 aliphatic carbocycles. The Hall–Kier alpha value is -1.99. The summed E-state index contributed by atoms with van der Waals surface area (Å²) in [5, 5.41) is 10.2. The number of nitrogens with zero attached hydrogens (tertiary/aromatic N) is 4. The summed E-state index contributed by atoms with van der Waals surface area (Å²) in [5.74, 6) is -0.501. The van der Waals surface area contributed by atoms with E-state index < -0.39 is 17.7 Å². The van der Waals surface area contributed by atoms with E-state index in [9.17, 15) is 13.9 Å². The van der Waals surface area contributed by atoms with Crippen LogP contribution in [0.2, 0.25) is 0 Å². The molecule has 3 rings (SSSR count). The van der Waals surface area contributed by atoms with E-state index in [1.54, 1.807) is 6.20 Å². The van der Waals surface area contributed by atoms with E-state index in [1.807, 2.05) is 22.7 Å². The molecule has 7 heteroatoms. The molecule has 1 unspecified atom stereocenters. The first kappa shape index (κ1) is 15.9. The maximum absolute atomic E-state index is 13.7. The lowest BCUT2D eigenvalue weighted by molar-refractivity contribution is 0.103. The minimum absolute atomic E-state index is 0.215. The first-order chi connectivity index (χ1) is 11.1. The number of aliphatic hydroxyl groups excluding tert-OH is 1. The number of imidazole rings is 1. The fraction of sp³-hybridized carbons (Fsp3) is 0.438. The van der Waals surface area contributed by atoms with Crippen molar-refractivity contribution in [1.82, 2.24) is 14.5 Å². The second kappa shape index (κ2) is 6.64. The first-order valence-electron chi connectivity index (χ1n) is 7.63. The molecule has 1 N–H and O–H groups in total. The molecular formula is C16H20F2N4O. The molecule has 5 nitrogen and oxygen atoms in total. The number of hydrogen-bond donors (Lipinski definition) is 1. The van der Waals surface area contributed by atoms with E-state index in [0.29, 0.717) is 13.1 Å². The number of rotatable bonds is 4. The van der Waals surface area contributed by atoms with Crippen LogP contribution in [0.15, 0.2) is 30.6 Å². The van der Waals surface area contributed by atoms with E-state index in [0.717, 1.165) is 19.0 Å². The average molecular weight is 322 g/mol. The fourth-order valence-corrected chi connectivity index (χ4v) is 2.96. The van der Waals surface area contributed by atoms with Crippen LogP contribution >= 0.6 is 0 Å². The second-order valence-corrected chi connectivity index (χ2v) is 5.78. The van der Waals surface area contributed by atoms with Gasteiger partial charge in [-0.05, 0) is 12.1 Å². The third-order valence-electron chi connectivity index (χ3n) is 4.21. The quantitative estimate of drug-likeness (QED) is 0.928. The van der Waals surface area contributed by atoms with Crippen LogP contribution in [0.5, 0.6) is 0 Å². The molecule has 1 aliphatic heterocycles. The van der Waals surface area contributed by atoms with E-state index in [1.165, 1.54) is 18.2 Å². The number of β-amino-alcohol motifs (C(OH)–C–C–N with tert-alkyl or cyclic N) is 1. The highest BCUT2D eigenvalue weighted by Gasteiger charge is 2.24. The summed E-state index contributed by atoms with van der Waals surface area (Å²) < 4.78 is 29.4. The minimum Gasteiger partial charge on any atom is -0.387 e. The zero-order valence-electron chi connectivity index (χ0n) is 13.0. The zero-order valence-corrected chi connectivity index (χ0v) is 13.0. The molecule has 0 bridgehead atoms. The predicted molar refractivity (Wildman–Crippen MR) is 83.2 cm³/mol. The van der Waals surface area contributed by atoms with Gasteiger partial charge in [-0.3, -0.25) is 4.90 Å². The molecule has 1 saturated heterocycles. The normalized spacial score (nSPS) is 17.5. The molecule has 1 atom stereocenters. The first-order valence-corrected chi connectivity index (χ1v) is 7.63. The molecule has 1 aliphatic rings. The molecule has 2 aromatic rings. The lowest BCUT2D eigenvalue weighted by Gasteiger charge is -2.36. The summed E-state index contributed by atoms with van der Waals surface area (Å²) in [6.07, 6.45) is 2.48. The van der Waals surface area contributed by atoms with Gasteiger partial charge in [0.2, 0.25) is 5.95 Å². The maximum Gasteiger partial charge on any atom is 0.205 e. The van der Waals surface area contributed by atoms with Crippen molar-refractivity contribution in [2.45, 2.75) is 6.10 Å². The van der Waals surface area contributed by atoms with Crippen molar-refractivity contribution >= 4 is 5.95 Å². The van der Waals surface area contributed by atoms with Gasteiger partial charge in [0.15, 0.2) is 0 Å². The van der Waals surface area contributed by atoms with Gasteiger partial charge >= 0.3 is 0 Å². The predicted octanol–water partition coefficient (Wildman–Crippen LogP) is 1.55. The number of halogens is 2. The number of hydrogen-bond acceptors (Lipinski definition) is 4. The molecule has 23 heavy (non-hydrogen) atoms. The van der Waals surface area contributed by atoms with Crippen LogP contribution < -0.4 is 4.90 Å². The Bertz CT molecular complexity index is 648. The van der Waals surface area contributed by atoms with Gasteiger partial charge in [-0.15, -0.1) is 0 Å². The van der Waals surface area contributed by atoms with E-state index in [2.05, 4.69) is 9.88 Å². The summed E-state index contributed by atoms with van der Waals surface area (Å²) in [6, 6.07) is 3.63. The third-order valence-corrected chi connectivity index (χ3v) is 4.21. The van der Waals surface area contributed by atoms with Gasteiger partial charge in [0, 0.05) is 52.2 Å². The topological polar surface area (TPSA) is 44.5 Å². The van der Waals surface area contributed by atoms with Crippen LogP contribution in [0.1, 0.15) is 11.7 Å². The Morgan fingerprint density at radius 3 is 2.39 bits per heavy atom. The molecule has 0 saturated carbocycles. The lowest BCUT2D eigenvalue weighted by Crippen LogP contribution is -2.48.